The average molecular weight is 254 g/mol. The van der Waals surface area contributed by atoms with E-state index in [0.717, 1.165) is 12.5 Å². The van der Waals surface area contributed by atoms with Gasteiger partial charge in [-0.25, -0.2) is 8.78 Å². The van der Waals surface area contributed by atoms with E-state index in [1.54, 1.807) is 0 Å². The minimum Gasteiger partial charge on any atom is -0.337 e. The Hall–Kier alpha value is -1.49. The van der Waals surface area contributed by atoms with Crippen LogP contribution in [0.1, 0.15) is 23.7 Å². The Kier molecular flexibility index (Phi) is 3.61. The number of hydrogen-bond donors (Lipinski definition) is 1. The van der Waals surface area contributed by atoms with E-state index in [4.69, 9.17) is 5.73 Å². The molecule has 2 atom stereocenters. The summed E-state index contributed by atoms with van der Waals surface area (Å²) in [7, 11) is 0. The predicted molar refractivity (Wildman–Crippen MR) is 64.0 cm³/mol. The molecule has 2 unspecified atom stereocenters. The second-order valence-electron chi connectivity index (χ2n) is 4.91. The molecule has 1 fully saturated rings. The van der Waals surface area contributed by atoms with Crippen LogP contribution in [0.5, 0.6) is 0 Å². The van der Waals surface area contributed by atoms with Crippen LogP contribution < -0.4 is 5.73 Å². The molecule has 2 N–H and O–H groups in total. The number of nitrogens with zero attached hydrogens (tertiary/aromatic N) is 1. The molecule has 1 heterocycles. The molecular formula is C13H16F2N2O. The van der Waals surface area contributed by atoms with Crippen molar-refractivity contribution in [2.75, 3.05) is 13.1 Å². The maximum Gasteiger partial charge on any atom is 0.257 e. The summed E-state index contributed by atoms with van der Waals surface area (Å²) in [6.45, 7) is 2.91. The molecule has 1 aliphatic rings. The van der Waals surface area contributed by atoms with E-state index in [0.29, 0.717) is 13.1 Å². The summed E-state index contributed by atoms with van der Waals surface area (Å²) in [5, 5.41) is 0. The van der Waals surface area contributed by atoms with Gasteiger partial charge in [0, 0.05) is 19.1 Å². The monoisotopic (exact) mass is 254 g/mol. The first kappa shape index (κ1) is 13.0. The van der Waals surface area contributed by atoms with E-state index >= 15 is 0 Å². The van der Waals surface area contributed by atoms with Gasteiger partial charge in [0.2, 0.25) is 0 Å². The number of carbonyl (C=O) groups is 1. The summed E-state index contributed by atoms with van der Waals surface area (Å²) < 4.78 is 26.6. The second kappa shape index (κ2) is 5.02. The fraction of sp³-hybridized carbons (Fsp3) is 0.462. The van der Waals surface area contributed by atoms with Gasteiger partial charge >= 0.3 is 0 Å². The molecule has 5 heteroatoms. The SMILES string of the molecule is CC1CC(N)CN(C(=O)c2cccc(F)c2F)C1. The quantitative estimate of drug-likeness (QED) is 0.830. The molecule has 1 aliphatic heterocycles. The first-order chi connectivity index (χ1) is 8.49. The lowest BCUT2D eigenvalue weighted by Gasteiger charge is -2.34. The molecule has 18 heavy (non-hydrogen) atoms. The van der Waals surface area contributed by atoms with Gasteiger partial charge in [-0.2, -0.15) is 0 Å². The van der Waals surface area contributed by atoms with Crippen molar-refractivity contribution in [2.45, 2.75) is 19.4 Å². The number of carbonyl (C=O) groups excluding carboxylic acids is 1. The van der Waals surface area contributed by atoms with Crippen molar-refractivity contribution in [2.24, 2.45) is 11.7 Å². The van der Waals surface area contributed by atoms with Crippen molar-refractivity contribution >= 4 is 5.91 Å². The second-order valence-corrected chi connectivity index (χ2v) is 4.91. The van der Waals surface area contributed by atoms with Crippen molar-refractivity contribution in [1.29, 1.82) is 0 Å². The van der Waals surface area contributed by atoms with Crippen LogP contribution in [-0.4, -0.2) is 29.9 Å². The fourth-order valence-corrected chi connectivity index (χ4v) is 2.40. The Balaban J connectivity index is 2.23. The van der Waals surface area contributed by atoms with Gasteiger partial charge in [-0.3, -0.25) is 4.79 Å². The fourth-order valence-electron chi connectivity index (χ4n) is 2.40. The third-order valence-electron chi connectivity index (χ3n) is 3.16. The van der Waals surface area contributed by atoms with Crippen LogP contribution in [0.3, 0.4) is 0 Å². The van der Waals surface area contributed by atoms with E-state index in [9.17, 15) is 13.6 Å². The van der Waals surface area contributed by atoms with Crippen LogP contribution in [0.25, 0.3) is 0 Å². The summed E-state index contributed by atoms with van der Waals surface area (Å²) in [6.07, 6.45) is 0.843. The van der Waals surface area contributed by atoms with Gasteiger partial charge in [-0.05, 0) is 24.5 Å². The van der Waals surface area contributed by atoms with Crippen LogP contribution in [-0.2, 0) is 0 Å². The number of amides is 1. The zero-order valence-corrected chi connectivity index (χ0v) is 10.2. The number of nitrogens with two attached hydrogens (primary N) is 1. The summed E-state index contributed by atoms with van der Waals surface area (Å²) in [6, 6.07) is 3.52. The highest BCUT2D eigenvalue weighted by Gasteiger charge is 2.28. The Morgan fingerprint density at radius 1 is 1.39 bits per heavy atom. The maximum absolute atomic E-state index is 13.5. The standard InChI is InChI=1S/C13H16F2N2O/c1-8-5-9(16)7-17(6-8)13(18)10-3-2-4-11(14)12(10)15/h2-4,8-9H,5-7,16H2,1H3. The topological polar surface area (TPSA) is 46.3 Å². The molecule has 0 radical (unpaired) electrons. The van der Waals surface area contributed by atoms with Crippen molar-refractivity contribution in [3.05, 3.63) is 35.4 Å². The summed E-state index contributed by atoms with van der Waals surface area (Å²) >= 11 is 0. The van der Waals surface area contributed by atoms with Gasteiger partial charge < -0.3 is 10.6 Å². The molecule has 1 saturated heterocycles. The van der Waals surface area contributed by atoms with Crippen LogP contribution in [0, 0.1) is 17.6 Å². The van der Waals surface area contributed by atoms with E-state index in [1.807, 2.05) is 6.92 Å². The number of rotatable bonds is 1. The number of halogens is 2. The van der Waals surface area contributed by atoms with Gasteiger partial charge in [0.15, 0.2) is 11.6 Å². The lowest BCUT2D eigenvalue weighted by Crippen LogP contribution is -2.49. The van der Waals surface area contributed by atoms with Crippen molar-refractivity contribution in [3.63, 3.8) is 0 Å². The van der Waals surface area contributed by atoms with Crippen LogP contribution >= 0.6 is 0 Å². The zero-order chi connectivity index (χ0) is 13.3. The minimum absolute atomic E-state index is 0.102. The van der Waals surface area contributed by atoms with E-state index in [2.05, 4.69) is 0 Å². The smallest absolute Gasteiger partial charge is 0.257 e. The molecule has 1 aromatic carbocycles. The first-order valence-electron chi connectivity index (χ1n) is 5.98. The summed E-state index contributed by atoms with van der Waals surface area (Å²) in [5.41, 5.74) is 5.61. The predicted octanol–water partition coefficient (Wildman–Crippen LogP) is 1.77. The van der Waals surface area contributed by atoms with Crippen LogP contribution in [0.4, 0.5) is 8.78 Å². The number of hydrogen-bond acceptors (Lipinski definition) is 2. The highest BCUT2D eigenvalue weighted by atomic mass is 19.2. The normalized spacial score (nSPS) is 24.1. The molecule has 0 aromatic heterocycles. The summed E-state index contributed by atoms with van der Waals surface area (Å²) in [4.78, 5) is 13.6. The zero-order valence-electron chi connectivity index (χ0n) is 10.2. The van der Waals surface area contributed by atoms with Crippen molar-refractivity contribution in [1.82, 2.24) is 4.90 Å². The average Bonchev–Trinajstić information content (AvgIpc) is 2.30. The van der Waals surface area contributed by atoms with Crippen molar-refractivity contribution < 1.29 is 13.6 Å². The van der Waals surface area contributed by atoms with Crippen LogP contribution in [0.2, 0.25) is 0 Å². The minimum atomic E-state index is -1.09. The molecule has 2 rings (SSSR count). The molecule has 0 aliphatic carbocycles. The molecule has 1 aromatic rings. The third kappa shape index (κ3) is 2.51. The first-order valence-corrected chi connectivity index (χ1v) is 5.98. The lowest BCUT2D eigenvalue weighted by molar-refractivity contribution is 0.0655. The molecule has 98 valence electrons. The lowest BCUT2D eigenvalue weighted by atomic mass is 9.96. The molecule has 0 saturated carbocycles. The molecule has 3 nitrogen and oxygen atoms in total. The Morgan fingerprint density at radius 2 is 2.11 bits per heavy atom. The molecule has 0 bridgehead atoms. The van der Waals surface area contributed by atoms with E-state index in [-0.39, 0.29) is 17.5 Å². The highest BCUT2D eigenvalue weighted by Crippen LogP contribution is 2.19. The number of piperidine rings is 1. The van der Waals surface area contributed by atoms with Gasteiger partial charge in [0.25, 0.3) is 5.91 Å². The van der Waals surface area contributed by atoms with Crippen molar-refractivity contribution in [3.8, 4) is 0 Å². The Labute approximate surface area is 105 Å². The highest BCUT2D eigenvalue weighted by molar-refractivity contribution is 5.94. The molecule has 0 spiro atoms. The molecular weight excluding hydrogens is 238 g/mol. The maximum atomic E-state index is 13.5. The number of likely N-dealkylation sites (tertiary alicyclic amines) is 1. The van der Waals surface area contributed by atoms with Gasteiger partial charge in [-0.15, -0.1) is 0 Å². The van der Waals surface area contributed by atoms with Gasteiger partial charge in [0.1, 0.15) is 0 Å². The van der Waals surface area contributed by atoms with Gasteiger partial charge in [-0.1, -0.05) is 13.0 Å². The Morgan fingerprint density at radius 3 is 2.78 bits per heavy atom. The van der Waals surface area contributed by atoms with E-state index in [1.165, 1.54) is 17.0 Å². The largest absolute Gasteiger partial charge is 0.337 e. The third-order valence-corrected chi connectivity index (χ3v) is 3.16. The van der Waals surface area contributed by atoms with Gasteiger partial charge in [0.05, 0.1) is 5.56 Å². The molecule has 1 amide bonds. The summed E-state index contributed by atoms with van der Waals surface area (Å²) in [5.74, 6) is -2.31. The Bertz CT molecular complexity index is 454. The number of benzene rings is 1. The van der Waals surface area contributed by atoms with Crippen LogP contribution in [0.15, 0.2) is 18.2 Å². The van der Waals surface area contributed by atoms with E-state index < -0.39 is 17.5 Å².